The predicted octanol–water partition coefficient (Wildman–Crippen LogP) is 1.25. The zero-order valence-corrected chi connectivity index (χ0v) is 7.98. The number of aliphatic carboxylic acids is 2. The molecular formula is C10H8F2O4. The Morgan fingerprint density at radius 1 is 1.19 bits per heavy atom. The molecule has 0 aromatic heterocycles. The third-order valence-electron chi connectivity index (χ3n) is 2.07. The van der Waals surface area contributed by atoms with E-state index in [-0.39, 0.29) is 5.56 Å². The number of halogens is 2. The van der Waals surface area contributed by atoms with Crippen molar-refractivity contribution in [3.8, 4) is 0 Å². The molecule has 0 aliphatic rings. The van der Waals surface area contributed by atoms with Gasteiger partial charge in [0.15, 0.2) is 0 Å². The van der Waals surface area contributed by atoms with E-state index < -0.39 is 29.8 Å². The molecule has 0 aliphatic heterocycles. The minimum atomic E-state index is -3.51. The number of carboxylic acid groups (broad SMARTS) is 2. The van der Waals surface area contributed by atoms with Gasteiger partial charge >= 0.3 is 17.6 Å². The molecule has 0 aliphatic carbocycles. The van der Waals surface area contributed by atoms with E-state index in [0.717, 1.165) is 12.1 Å². The number of carbonyl (C=O) groups is 2. The zero-order chi connectivity index (χ0) is 12.3. The molecule has 4 nitrogen and oxygen atoms in total. The van der Waals surface area contributed by atoms with Gasteiger partial charge in [-0.25, -0.2) is 18.4 Å². The molecule has 1 aromatic rings. The Morgan fingerprint density at radius 2 is 1.69 bits per heavy atom. The number of alkyl halides is 1. The first kappa shape index (κ1) is 12.1. The van der Waals surface area contributed by atoms with Gasteiger partial charge in [0.25, 0.3) is 0 Å². The van der Waals surface area contributed by atoms with E-state index >= 15 is 0 Å². The van der Waals surface area contributed by atoms with Crippen molar-refractivity contribution in [3.05, 3.63) is 35.6 Å². The summed E-state index contributed by atoms with van der Waals surface area (Å²) in [5, 5.41) is 17.0. The van der Waals surface area contributed by atoms with Gasteiger partial charge in [-0.1, -0.05) is 18.2 Å². The predicted molar refractivity (Wildman–Crippen MR) is 49.2 cm³/mol. The van der Waals surface area contributed by atoms with Crippen molar-refractivity contribution in [2.75, 3.05) is 0 Å². The van der Waals surface area contributed by atoms with Crippen LogP contribution in [0.4, 0.5) is 8.78 Å². The number of hydrogen-bond donors (Lipinski definition) is 2. The zero-order valence-electron chi connectivity index (χ0n) is 7.98. The second kappa shape index (κ2) is 4.26. The monoisotopic (exact) mass is 230 g/mol. The molecule has 16 heavy (non-hydrogen) atoms. The van der Waals surface area contributed by atoms with Gasteiger partial charge in [0, 0.05) is 6.42 Å². The van der Waals surface area contributed by atoms with Gasteiger partial charge in [-0.3, -0.25) is 0 Å². The molecular weight excluding hydrogens is 222 g/mol. The third kappa shape index (κ3) is 2.16. The summed E-state index contributed by atoms with van der Waals surface area (Å²) in [5.41, 5.74) is -3.81. The van der Waals surface area contributed by atoms with Gasteiger partial charge in [-0.15, -0.1) is 0 Å². The molecule has 0 saturated heterocycles. The first-order valence-corrected chi connectivity index (χ1v) is 4.27. The molecule has 0 amide bonds. The maximum Gasteiger partial charge on any atom is 0.353 e. The normalized spacial score (nSPS) is 11.1. The smallest absolute Gasteiger partial charge is 0.353 e. The van der Waals surface area contributed by atoms with Gasteiger partial charge in [-0.05, 0) is 11.6 Å². The number of rotatable bonds is 4. The summed E-state index contributed by atoms with van der Waals surface area (Å²) in [6, 6.07) is 4.83. The molecule has 0 unspecified atom stereocenters. The van der Waals surface area contributed by atoms with Crippen LogP contribution in [0, 0.1) is 5.82 Å². The van der Waals surface area contributed by atoms with Crippen LogP contribution in [0.1, 0.15) is 5.56 Å². The molecule has 1 rings (SSSR count). The van der Waals surface area contributed by atoms with Crippen LogP contribution in [0.15, 0.2) is 24.3 Å². The highest BCUT2D eigenvalue weighted by Gasteiger charge is 2.47. The summed E-state index contributed by atoms with van der Waals surface area (Å²) in [6.45, 7) is 0. The lowest BCUT2D eigenvalue weighted by atomic mass is 9.96. The van der Waals surface area contributed by atoms with E-state index in [1.54, 1.807) is 0 Å². The highest BCUT2D eigenvalue weighted by atomic mass is 19.1. The SMILES string of the molecule is O=C(O)C(F)(Cc1ccccc1F)C(=O)O. The number of carboxylic acids is 2. The summed E-state index contributed by atoms with van der Waals surface area (Å²) in [5.74, 6) is -5.14. The Morgan fingerprint density at radius 3 is 2.12 bits per heavy atom. The summed E-state index contributed by atoms with van der Waals surface area (Å²) < 4.78 is 26.6. The van der Waals surface area contributed by atoms with Crippen LogP contribution in [-0.4, -0.2) is 27.8 Å². The Bertz CT molecular complexity index is 417. The fourth-order valence-corrected chi connectivity index (χ4v) is 1.15. The van der Waals surface area contributed by atoms with Crippen LogP contribution in [0.25, 0.3) is 0 Å². The minimum absolute atomic E-state index is 0.296. The van der Waals surface area contributed by atoms with E-state index in [4.69, 9.17) is 10.2 Å². The summed E-state index contributed by atoms with van der Waals surface area (Å²) in [4.78, 5) is 21.0. The van der Waals surface area contributed by atoms with Gasteiger partial charge in [0.2, 0.25) is 0 Å². The summed E-state index contributed by atoms with van der Waals surface area (Å²) in [7, 11) is 0. The van der Waals surface area contributed by atoms with Crippen molar-refractivity contribution < 1.29 is 28.6 Å². The standard InChI is InChI=1S/C10H8F2O4/c11-7-4-2-1-3-6(7)5-10(12,8(13)14)9(15)16/h1-4H,5H2,(H,13,14)(H,15,16). The highest BCUT2D eigenvalue weighted by molar-refractivity contribution is 6.01. The maximum atomic E-state index is 13.5. The molecule has 86 valence electrons. The molecule has 0 spiro atoms. The molecule has 2 N–H and O–H groups in total. The van der Waals surface area contributed by atoms with Crippen molar-refractivity contribution in [2.24, 2.45) is 0 Å². The molecule has 0 heterocycles. The third-order valence-corrected chi connectivity index (χ3v) is 2.07. The van der Waals surface area contributed by atoms with Gasteiger partial charge < -0.3 is 10.2 Å². The van der Waals surface area contributed by atoms with Crippen LogP contribution < -0.4 is 0 Å². The van der Waals surface area contributed by atoms with Crippen molar-refractivity contribution >= 4 is 11.9 Å². The van der Waals surface area contributed by atoms with Gasteiger partial charge in [0.1, 0.15) is 5.82 Å². The second-order valence-electron chi connectivity index (χ2n) is 3.18. The summed E-state index contributed by atoms with van der Waals surface area (Å²) in [6.07, 6.45) is -1.05. The van der Waals surface area contributed by atoms with Crippen LogP contribution in [0.3, 0.4) is 0 Å². The van der Waals surface area contributed by atoms with Gasteiger partial charge in [-0.2, -0.15) is 0 Å². The van der Waals surface area contributed by atoms with Crippen molar-refractivity contribution in [2.45, 2.75) is 12.1 Å². The molecule has 0 saturated carbocycles. The van der Waals surface area contributed by atoms with E-state index in [0.29, 0.717) is 0 Å². The van der Waals surface area contributed by atoms with Crippen LogP contribution in [0.2, 0.25) is 0 Å². The van der Waals surface area contributed by atoms with Crippen LogP contribution in [-0.2, 0) is 16.0 Å². The topological polar surface area (TPSA) is 74.6 Å². The van der Waals surface area contributed by atoms with E-state index in [9.17, 15) is 18.4 Å². The van der Waals surface area contributed by atoms with Crippen LogP contribution >= 0.6 is 0 Å². The van der Waals surface area contributed by atoms with E-state index in [1.807, 2.05) is 0 Å². The lowest BCUT2D eigenvalue weighted by Gasteiger charge is -2.15. The van der Waals surface area contributed by atoms with Crippen molar-refractivity contribution in [3.63, 3.8) is 0 Å². The average molecular weight is 230 g/mol. The molecule has 0 bridgehead atoms. The van der Waals surface area contributed by atoms with E-state index in [2.05, 4.69) is 0 Å². The fraction of sp³-hybridized carbons (Fsp3) is 0.200. The molecule has 0 fully saturated rings. The molecule has 6 heteroatoms. The minimum Gasteiger partial charge on any atom is -0.478 e. The highest BCUT2D eigenvalue weighted by Crippen LogP contribution is 2.21. The largest absolute Gasteiger partial charge is 0.478 e. The Hall–Kier alpha value is -1.98. The van der Waals surface area contributed by atoms with E-state index in [1.165, 1.54) is 12.1 Å². The van der Waals surface area contributed by atoms with Crippen molar-refractivity contribution in [1.82, 2.24) is 0 Å². The fourth-order valence-electron chi connectivity index (χ4n) is 1.15. The van der Waals surface area contributed by atoms with Crippen LogP contribution in [0.5, 0.6) is 0 Å². The second-order valence-corrected chi connectivity index (χ2v) is 3.18. The van der Waals surface area contributed by atoms with Gasteiger partial charge in [0.05, 0.1) is 0 Å². The quantitative estimate of drug-likeness (QED) is 0.763. The lowest BCUT2D eigenvalue weighted by molar-refractivity contribution is -0.166. The Labute approximate surface area is 89.1 Å². The first-order valence-electron chi connectivity index (χ1n) is 4.27. The average Bonchev–Trinajstić information content (AvgIpc) is 2.20. The first-order chi connectivity index (χ1) is 7.38. The number of hydrogen-bond acceptors (Lipinski definition) is 2. The maximum absolute atomic E-state index is 13.5. The molecule has 0 radical (unpaired) electrons. The Balaban J connectivity index is 3.07. The molecule has 0 atom stereocenters. The Kier molecular flexibility index (Phi) is 3.22. The summed E-state index contributed by atoms with van der Waals surface area (Å²) >= 11 is 0. The molecule has 1 aromatic carbocycles. The van der Waals surface area contributed by atoms with Crippen molar-refractivity contribution in [1.29, 1.82) is 0 Å². The lowest BCUT2D eigenvalue weighted by Crippen LogP contribution is -2.44. The number of benzene rings is 1.